The fourth-order valence-corrected chi connectivity index (χ4v) is 10.9. The number of hydrogen-bond donors (Lipinski definition) is 3. The van der Waals surface area contributed by atoms with Crippen LogP contribution in [0.15, 0.2) is 0 Å². The van der Waals surface area contributed by atoms with Crippen molar-refractivity contribution in [2.24, 2.45) is 11.8 Å². The third kappa shape index (κ3) is 57.2. The molecule has 0 saturated carbocycles. The van der Waals surface area contributed by atoms with Gasteiger partial charge in [0.2, 0.25) is 0 Å². The first-order chi connectivity index (χ1) is 39.4. The molecular weight excluding hydrogens is 1090 g/mol. The molecule has 486 valence electrons. The minimum Gasteiger partial charge on any atom is -0.462 e. The molecule has 0 radical (unpaired) electrons. The molecule has 0 aromatic rings. The highest BCUT2D eigenvalue weighted by Gasteiger charge is 2.30. The van der Waals surface area contributed by atoms with Gasteiger partial charge in [0.05, 0.1) is 26.4 Å². The van der Waals surface area contributed by atoms with Gasteiger partial charge in [-0.05, 0) is 37.5 Å². The zero-order valence-corrected chi connectivity index (χ0v) is 54.6. The van der Waals surface area contributed by atoms with Crippen molar-refractivity contribution < 1.29 is 80.2 Å². The lowest BCUT2D eigenvalue weighted by atomic mass is 10.0. The Hall–Kier alpha value is -1.94. The van der Waals surface area contributed by atoms with Crippen molar-refractivity contribution in [3.05, 3.63) is 0 Å². The lowest BCUT2D eigenvalue weighted by Crippen LogP contribution is -2.30. The van der Waals surface area contributed by atoms with Crippen LogP contribution in [-0.2, 0) is 65.4 Å². The first kappa shape index (κ1) is 80.1. The average Bonchev–Trinajstić information content (AvgIpc) is 3.43. The molecule has 3 N–H and O–H groups in total. The maximum Gasteiger partial charge on any atom is 0.472 e. The van der Waals surface area contributed by atoms with Crippen molar-refractivity contribution in [3.8, 4) is 0 Å². The summed E-state index contributed by atoms with van der Waals surface area (Å²) < 4.78 is 67.9. The Bertz CT molecular complexity index is 1620. The molecule has 0 heterocycles. The van der Waals surface area contributed by atoms with E-state index in [0.717, 1.165) is 102 Å². The Labute approximate surface area is 498 Å². The van der Waals surface area contributed by atoms with E-state index in [1.807, 2.05) is 0 Å². The van der Waals surface area contributed by atoms with Gasteiger partial charge in [0.1, 0.15) is 19.3 Å². The normalized spacial score (nSPS) is 14.3. The van der Waals surface area contributed by atoms with Crippen molar-refractivity contribution in [2.45, 2.75) is 330 Å². The third-order valence-electron chi connectivity index (χ3n) is 14.5. The number of unbranched alkanes of at least 4 members (excludes halogenated alkanes) is 32. The number of aliphatic hydroxyl groups excluding tert-OH is 1. The minimum absolute atomic E-state index is 0.104. The van der Waals surface area contributed by atoms with Gasteiger partial charge in [0, 0.05) is 25.7 Å². The highest BCUT2D eigenvalue weighted by molar-refractivity contribution is 7.47. The van der Waals surface area contributed by atoms with Crippen molar-refractivity contribution in [2.75, 3.05) is 39.6 Å². The van der Waals surface area contributed by atoms with E-state index in [-0.39, 0.29) is 25.7 Å². The summed E-state index contributed by atoms with van der Waals surface area (Å²) in [5.74, 6) is -0.739. The molecule has 2 unspecified atom stereocenters. The lowest BCUT2D eigenvalue weighted by molar-refractivity contribution is -0.161. The summed E-state index contributed by atoms with van der Waals surface area (Å²) in [4.78, 5) is 72.1. The molecule has 0 spiro atoms. The molecule has 0 aromatic heterocycles. The van der Waals surface area contributed by atoms with Gasteiger partial charge >= 0.3 is 39.5 Å². The second-order valence-electron chi connectivity index (χ2n) is 23.7. The molecule has 0 aliphatic rings. The standard InChI is InChI=1S/C63H122O17P2/c1-7-9-11-13-15-17-19-21-26-33-39-45-60(65)73-51-58(80-63(68)48-42-36-28-24-23-25-31-37-43-55(3)4)53-77-81(69,70)75-49-57(64)50-76-82(71,72)78-54-59(52-74-61(66)46-40-34-30-29-32-38-44-56(5)6)79-62(67)47-41-35-27-22-20-18-16-14-12-10-8-2/h55-59,64H,7-54H2,1-6H3,(H,69,70)(H,71,72)/t57-,58-,59-/m1/s1. The quantitative estimate of drug-likeness (QED) is 0.0222. The summed E-state index contributed by atoms with van der Waals surface area (Å²) in [6, 6.07) is 0. The number of carbonyl (C=O) groups is 4. The van der Waals surface area contributed by atoms with Crippen molar-refractivity contribution in [1.29, 1.82) is 0 Å². The van der Waals surface area contributed by atoms with Crippen LogP contribution in [0.3, 0.4) is 0 Å². The predicted molar refractivity (Wildman–Crippen MR) is 326 cm³/mol. The Kier molecular flexibility index (Phi) is 54.3. The highest BCUT2D eigenvalue weighted by atomic mass is 31.2. The molecule has 19 heteroatoms. The van der Waals surface area contributed by atoms with Crippen LogP contribution < -0.4 is 0 Å². The molecular formula is C63H122O17P2. The predicted octanol–water partition coefficient (Wildman–Crippen LogP) is 17.3. The molecule has 0 saturated heterocycles. The number of aliphatic hydroxyl groups is 1. The monoisotopic (exact) mass is 1210 g/mol. The molecule has 0 rings (SSSR count). The molecule has 0 amide bonds. The van der Waals surface area contributed by atoms with Crippen LogP contribution in [0.5, 0.6) is 0 Å². The van der Waals surface area contributed by atoms with Gasteiger partial charge in [-0.15, -0.1) is 0 Å². The van der Waals surface area contributed by atoms with E-state index in [2.05, 4.69) is 41.5 Å². The maximum absolute atomic E-state index is 13.0. The van der Waals surface area contributed by atoms with Crippen LogP contribution >= 0.6 is 15.6 Å². The zero-order valence-electron chi connectivity index (χ0n) is 52.8. The minimum atomic E-state index is -4.94. The molecule has 17 nitrogen and oxygen atoms in total. The number of rotatable bonds is 62. The van der Waals surface area contributed by atoms with Crippen LogP contribution in [0, 0.1) is 11.8 Å². The van der Waals surface area contributed by atoms with Gasteiger partial charge in [-0.3, -0.25) is 37.3 Å². The number of esters is 4. The number of phosphoric ester groups is 2. The highest BCUT2D eigenvalue weighted by Crippen LogP contribution is 2.45. The van der Waals surface area contributed by atoms with Crippen LogP contribution in [0.4, 0.5) is 0 Å². The average molecular weight is 1210 g/mol. The summed E-state index contributed by atoms with van der Waals surface area (Å²) in [6.45, 7) is 9.36. The number of hydrogen-bond acceptors (Lipinski definition) is 15. The SMILES string of the molecule is CCCCCCCCCCCCCC(=O)OC[C@H](COP(=O)(O)OC[C@@H](O)COP(=O)(O)OC[C@@H](COC(=O)CCCCCCCCC(C)C)OC(=O)CCCCCCCCCCCCC)OC(=O)CCCCCCCCCCC(C)C. The second kappa shape index (κ2) is 55.6. The third-order valence-corrected chi connectivity index (χ3v) is 16.4. The molecule has 0 bridgehead atoms. The molecule has 82 heavy (non-hydrogen) atoms. The Morgan fingerprint density at radius 3 is 0.829 bits per heavy atom. The van der Waals surface area contributed by atoms with Crippen LogP contribution in [0.1, 0.15) is 311 Å². The second-order valence-corrected chi connectivity index (χ2v) is 26.7. The van der Waals surface area contributed by atoms with Crippen LogP contribution in [0.2, 0.25) is 0 Å². The van der Waals surface area contributed by atoms with E-state index >= 15 is 0 Å². The van der Waals surface area contributed by atoms with Gasteiger partial charge < -0.3 is 33.8 Å². The van der Waals surface area contributed by atoms with Gasteiger partial charge in [-0.25, -0.2) is 9.13 Å². The molecule has 5 atom stereocenters. The van der Waals surface area contributed by atoms with Crippen molar-refractivity contribution >= 4 is 39.5 Å². The van der Waals surface area contributed by atoms with Crippen molar-refractivity contribution in [1.82, 2.24) is 0 Å². The summed E-state index contributed by atoms with van der Waals surface area (Å²) in [6.07, 6.45) is 37.6. The number of phosphoric acid groups is 2. The fraction of sp³-hybridized carbons (Fsp3) is 0.937. The molecule has 0 aromatic carbocycles. The van der Waals surface area contributed by atoms with E-state index in [1.54, 1.807) is 0 Å². The van der Waals surface area contributed by atoms with E-state index in [4.69, 9.17) is 37.0 Å². The molecule has 0 aliphatic carbocycles. The fourth-order valence-electron chi connectivity index (χ4n) is 9.35. The van der Waals surface area contributed by atoms with Gasteiger partial charge in [-0.2, -0.15) is 0 Å². The maximum atomic E-state index is 13.0. The Morgan fingerprint density at radius 2 is 0.561 bits per heavy atom. The smallest absolute Gasteiger partial charge is 0.462 e. The summed E-state index contributed by atoms with van der Waals surface area (Å²) in [5, 5.41) is 10.5. The topological polar surface area (TPSA) is 237 Å². The van der Waals surface area contributed by atoms with Gasteiger partial charge in [0.25, 0.3) is 0 Å². The van der Waals surface area contributed by atoms with E-state index in [1.165, 1.54) is 122 Å². The first-order valence-electron chi connectivity index (χ1n) is 33.0. The largest absolute Gasteiger partial charge is 0.472 e. The number of ether oxygens (including phenoxy) is 4. The Balaban J connectivity index is 5.24. The first-order valence-corrected chi connectivity index (χ1v) is 36.0. The Morgan fingerprint density at radius 1 is 0.329 bits per heavy atom. The molecule has 0 fully saturated rings. The lowest BCUT2D eigenvalue weighted by Gasteiger charge is -2.21. The summed E-state index contributed by atoms with van der Waals surface area (Å²) >= 11 is 0. The zero-order chi connectivity index (χ0) is 60.8. The van der Waals surface area contributed by atoms with Crippen LogP contribution in [-0.4, -0.2) is 96.7 Å². The van der Waals surface area contributed by atoms with Gasteiger partial charge in [0.15, 0.2) is 12.2 Å². The number of carbonyl (C=O) groups excluding carboxylic acids is 4. The van der Waals surface area contributed by atoms with Crippen LogP contribution in [0.25, 0.3) is 0 Å². The van der Waals surface area contributed by atoms with Gasteiger partial charge in [-0.1, -0.05) is 260 Å². The van der Waals surface area contributed by atoms with E-state index < -0.39 is 97.5 Å². The molecule has 0 aliphatic heterocycles. The van der Waals surface area contributed by atoms with E-state index in [0.29, 0.717) is 31.6 Å². The van der Waals surface area contributed by atoms with Crippen molar-refractivity contribution in [3.63, 3.8) is 0 Å². The summed E-state index contributed by atoms with van der Waals surface area (Å²) in [5.41, 5.74) is 0. The summed E-state index contributed by atoms with van der Waals surface area (Å²) in [7, 11) is -9.88. The van der Waals surface area contributed by atoms with E-state index in [9.17, 15) is 43.2 Å².